The van der Waals surface area contributed by atoms with Gasteiger partial charge in [-0.1, -0.05) is 74.5 Å². The van der Waals surface area contributed by atoms with Crippen molar-refractivity contribution < 1.29 is 42.3 Å². The quantitative estimate of drug-likeness (QED) is 0.0372. The Hall–Kier alpha value is -3.59. The number of allylic oxidation sites excluding steroid dienone is 1. The van der Waals surface area contributed by atoms with Gasteiger partial charge in [0.25, 0.3) is 5.91 Å². The molecule has 17 heteroatoms. The molecule has 0 aliphatic carbocycles. The van der Waals surface area contributed by atoms with Crippen LogP contribution in [-0.2, 0) is 41.1 Å². The van der Waals surface area contributed by atoms with E-state index >= 15 is 0 Å². The van der Waals surface area contributed by atoms with Gasteiger partial charge in [0.2, 0.25) is 5.89 Å². The summed E-state index contributed by atoms with van der Waals surface area (Å²) in [5.41, 5.74) is 0.387. The number of halogens is 1. The first-order valence-electron chi connectivity index (χ1n) is 28.3. The molecule has 0 saturated heterocycles. The molecular weight excluding hydrogens is 1180 g/mol. The van der Waals surface area contributed by atoms with Gasteiger partial charge in [-0.2, -0.15) is 0 Å². The number of rotatable bonds is 30. The Morgan fingerprint density at radius 2 is 1.49 bits per heavy atom. The summed E-state index contributed by atoms with van der Waals surface area (Å²) in [5, 5.41) is 7.01. The second-order valence-electron chi connectivity index (χ2n) is 25.1. The Kier molecular flexibility index (Phi) is 26.6. The summed E-state index contributed by atoms with van der Waals surface area (Å²) in [5.74, 6) is -2.23. The Bertz CT molecular complexity index is 2500. The van der Waals surface area contributed by atoms with E-state index in [9.17, 15) is 24.0 Å². The van der Waals surface area contributed by atoms with E-state index in [2.05, 4.69) is 96.4 Å². The molecular formula is C60H97BrN4O9Si2Sn. The van der Waals surface area contributed by atoms with E-state index in [1.807, 2.05) is 71.6 Å². The maximum atomic E-state index is 14.8. The number of hydrogen-bond donors (Lipinski definition) is 2. The number of esters is 1. The Balaban J connectivity index is 2.01. The van der Waals surface area contributed by atoms with Gasteiger partial charge >= 0.3 is 202 Å². The Labute approximate surface area is 477 Å². The zero-order valence-corrected chi connectivity index (χ0v) is 56.7. The van der Waals surface area contributed by atoms with Crippen LogP contribution in [0.4, 0.5) is 4.79 Å². The number of oxazole rings is 1. The zero-order chi connectivity index (χ0) is 58.1. The van der Waals surface area contributed by atoms with Crippen LogP contribution in [0.25, 0.3) is 10.9 Å². The standard InChI is InChI=1S/C48H70BrN4O9Si2.3C4H9.Sn/c1-17-24-50-39(55)23-22-31(4)42(30(2)3)60-44(57)37(26-33-29-53(46(58)61-47(6,7)8)38-21-19-18-20-36(33)38)51-43(56)41-45(63(12,13)14)59-40(52-41)28-34(54)27-35(25-32(5)49)62-64(15,16)48(9,10)11;3*1-3-4-2;/h1,17-23,25,29-31,35,37,42H,24,26-28H2,2-16H3,(H,50,55)(H,51,56);3*1,3-4H2,2H3;/b17-1?,23-22+,32-25+;;;;/t31-,35-,37?,42-;;;;/m1..../s1. The molecule has 0 aliphatic rings. The number of carbonyl (C=O) groups excluding carboxylic acids is 5. The molecule has 0 bridgehead atoms. The minimum atomic E-state index is -2.50. The molecule has 430 valence electrons. The third-order valence-corrected chi connectivity index (χ3v) is 35.1. The van der Waals surface area contributed by atoms with E-state index < -0.39 is 76.6 Å². The first-order chi connectivity index (χ1) is 35.8. The van der Waals surface area contributed by atoms with Crippen molar-refractivity contribution in [3.63, 3.8) is 0 Å². The van der Waals surface area contributed by atoms with E-state index in [-0.39, 0.29) is 59.4 Å². The van der Waals surface area contributed by atoms with E-state index in [4.69, 9.17) is 18.3 Å². The summed E-state index contributed by atoms with van der Waals surface area (Å²) < 4.78 is 34.0. The molecule has 77 heavy (non-hydrogen) atoms. The van der Waals surface area contributed by atoms with Crippen LogP contribution in [0.1, 0.15) is 157 Å². The van der Waals surface area contributed by atoms with Crippen molar-refractivity contribution >= 4 is 96.6 Å². The fourth-order valence-electron chi connectivity index (χ4n) is 9.18. The molecule has 1 aromatic carbocycles. The minimum absolute atomic E-state index is 0.000835. The van der Waals surface area contributed by atoms with Crippen molar-refractivity contribution in [3.8, 4) is 0 Å². The summed E-state index contributed by atoms with van der Waals surface area (Å²) >= 11 is 1.03. The molecule has 4 atom stereocenters. The third-order valence-electron chi connectivity index (χ3n) is 14.3. The van der Waals surface area contributed by atoms with Crippen molar-refractivity contribution in [2.45, 2.75) is 223 Å². The Morgan fingerprint density at radius 3 is 2.03 bits per heavy atom. The van der Waals surface area contributed by atoms with Crippen LogP contribution in [0, 0.1) is 11.8 Å². The van der Waals surface area contributed by atoms with Crippen LogP contribution in [-0.4, -0.2) is 104 Å². The van der Waals surface area contributed by atoms with Crippen LogP contribution in [0.2, 0.25) is 51.1 Å². The van der Waals surface area contributed by atoms with Crippen LogP contribution in [0.15, 0.2) is 67.8 Å². The number of aromatic nitrogens is 2. The average molecular weight is 1270 g/mol. The molecule has 2 amide bonds. The number of unbranched alkanes of at least 4 members (excludes halogenated alkanes) is 3. The number of nitrogens with one attached hydrogen (secondary N) is 2. The van der Waals surface area contributed by atoms with Crippen molar-refractivity contribution in [1.82, 2.24) is 20.2 Å². The van der Waals surface area contributed by atoms with Crippen molar-refractivity contribution in [2.24, 2.45) is 11.8 Å². The molecule has 0 saturated carbocycles. The van der Waals surface area contributed by atoms with Crippen LogP contribution in [0.3, 0.4) is 0 Å². The predicted molar refractivity (Wildman–Crippen MR) is 326 cm³/mol. The van der Waals surface area contributed by atoms with E-state index in [1.54, 1.807) is 39.1 Å². The summed E-state index contributed by atoms with van der Waals surface area (Å²) in [4.78, 5) is 75.0. The summed E-state index contributed by atoms with van der Waals surface area (Å²) in [6.45, 7) is 37.1. The van der Waals surface area contributed by atoms with Crippen LogP contribution in [0.5, 0.6) is 0 Å². The van der Waals surface area contributed by atoms with Gasteiger partial charge < -0.3 is 18.9 Å². The second kappa shape index (κ2) is 30.3. The third kappa shape index (κ3) is 21.8. The van der Waals surface area contributed by atoms with Gasteiger partial charge in [0.15, 0.2) is 14.0 Å². The van der Waals surface area contributed by atoms with E-state index in [0.29, 0.717) is 28.4 Å². The molecule has 3 aromatic rings. The number of fused-ring (bicyclic) bond motifs is 1. The number of ether oxygens (including phenoxy) is 2. The second-order valence-corrected chi connectivity index (χ2v) is 49.0. The van der Waals surface area contributed by atoms with E-state index in [0.717, 1.165) is 4.48 Å². The van der Waals surface area contributed by atoms with Gasteiger partial charge in [-0.25, -0.2) is 9.78 Å². The number of ketones is 1. The van der Waals surface area contributed by atoms with Gasteiger partial charge in [0.1, 0.15) is 24.8 Å². The SMILES string of the molecule is CCC[CH2][Sn](/[CH]=C/CNC(=O)/C=C/[C@@H](C)[C@H](OC(=O)C(Cc1cn(C(=O)OC(C)(C)C)c2ccccc12)NC(=O)c1nc(CC(=O)C[C@@H](/C=C(\C)Br)O[Si](C)(C)C(C)(C)C)oc1[Si](C)(C)C)C(C)C)([CH2]CCC)[CH2]CCC. The van der Waals surface area contributed by atoms with E-state index in [1.165, 1.54) is 62.5 Å². The topological polar surface area (TPSA) is 168 Å². The van der Waals surface area contributed by atoms with Gasteiger partial charge in [-0.3, -0.25) is 14.2 Å². The number of Topliss-reactive ketones (excluding diaryl/α,β-unsaturated/α-hetero) is 1. The average Bonchev–Trinajstić information content (AvgIpc) is 3.92. The molecule has 0 fully saturated rings. The number of nitrogens with zero attached hydrogens (tertiary/aromatic N) is 2. The van der Waals surface area contributed by atoms with Gasteiger partial charge in [-0.05, 0) is 68.0 Å². The van der Waals surface area contributed by atoms with Crippen molar-refractivity contribution in [3.05, 3.63) is 80.5 Å². The zero-order valence-electron chi connectivity index (χ0n) is 50.3. The molecule has 2 N–H and O–H groups in total. The molecule has 0 aliphatic heterocycles. The fraction of sp³-hybridized carbons (Fsp3) is 0.633. The summed E-state index contributed by atoms with van der Waals surface area (Å²) in [6.07, 6.45) is 14.5. The maximum absolute atomic E-state index is 14.8. The first-order valence-corrected chi connectivity index (χ1v) is 43.2. The molecule has 2 heterocycles. The molecule has 0 spiro atoms. The van der Waals surface area contributed by atoms with Crippen LogP contribution < -0.4 is 16.0 Å². The molecule has 3 rings (SSSR count). The van der Waals surface area contributed by atoms with Gasteiger partial charge in [-0.15, -0.1) is 0 Å². The number of para-hydroxylation sites is 1. The number of carbonyl (C=O) groups is 5. The normalized spacial score (nSPS) is 14.8. The molecule has 0 radical (unpaired) electrons. The summed E-state index contributed by atoms with van der Waals surface area (Å²) in [7, 11) is -4.71. The Morgan fingerprint density at radius 1 is 0.896 bits per heavy atom. The fourth-order valence-corrected chi connectivity index (χ4v) is 26.4. The number of hydrogen-bond acceptors (Lipinski definition) is 10. The number of benzene rings is 1. The molecule has 1 unspecified atom stereocenters. The number of amides is 2. The molecule has 2 aromatic heterocycles. The monoisotopic (exact) mass is 1270 g/mol. The van der Waals surface area contributed by atoms with Gasteiger partial charge in [0.05, 0.1) is 18.0 Å². The summed E-state index contributed by atoms with van der Waals surface area (Å²) in [6, 6.07) is 6.03. The predicted octanol–water partition coefficient (Wildman–Crippen LogP) is 14.3. The van der Waals surface area contributed by atoms with Crippen molar-refractivity contribution in [1.29, 1.82) is 0 Å². The van der Waals surface area contributed by atoms with Crippen molar-refractivity contribution in [2.75, 3.05) is 6.54 Å². The molecule has 13 nitrogen and oxygen atoms in total. The van der Waals surface area contributed by atoms with Gasteiger partial charge in [0, 0.05) is 24.4 Å². The van der Waals surface area contributed by atoms with Crippen LogP contribution >= 0.6 is 15.9 Å². The first kappa shape index (κ1) is 67.7.